The van der Waals surface area contributed by atoms with Gasteiger partial charge in [-0.25, -0.2) is 14.8 Å². The standard InChI is InChI=1S/C25H26N2O3S2/c1-13-19(22(24(28)29)30-25(2,3)4)20(14-9-10-16-18(11-14)31-12-26-16)21-15-7-5-6-8-17(15)32-23(21)27-13/h9-12,22H,5-8H2,1-4H3,(H,28,29). The van der Waals surface area contributed by atoms with E-state index in [2.05, 4.69) is 17.1 Å². The van der Waals surface area contributed by atoms with Crippen LogP contribution in [-0.4, -0.2) is 26.6 Å². The number of benzene rings is 1. The molecule has 1 atom stereocenters. The van der Waals surface area contributed by atoms with Gasteiger partial charge >= 0.3 is 5.97 Å². The van der Waals surface area contributed by atoms with E-state index in [4.69, 9.17) is 9.72 Å². The van der Waals surface area contributed by atoms with Crippen molar-refractivity contribution in [1.29, 1.82) is 0 Å². The third kappa shape index (κ3) is 3.72. The van der Waals surface area contributed by atoms with Crippen LogP contribution in [0.15, 0.2) is 23.7 Å². The molecule has 0 fully saturated rings. The number of rotatable bonds is 4. The molecular weight excluding hydrogens is 440 g/mol. The number of ether oxygens (including phenoxy) is 1. The maximum atomic E-state index is 12.5. The molecular formula is C25H26N2O3S2. The normalized spacial score (nSPS) is 15.2. The van der Waals surface area contributed by atoms with Crippen LogP contribution < -0.4 is 0 Å². The minimum atomic E-state index is -1.10. The predicted molar refractivity (Wildman–Crippen MR) is 131 cm³/mol. The van der Waals surface area contributed by atoms with Crippen molar-refractivity contribution >= 4 is 49.1 Å². The van der Waals surface area contributed by atoms with Crippen LogP contribution in [0.4, 0.5) is 0 Å². The predicted octanol–water partition coefficient (Wildman–Crippen LogP) is 6.70. The molecule has 1 unspecified atom stereocenters. The van der Waals surface area contributed by atoms with E-state index < -0.39 is 17.7 Å². The highest BCUT2D eigenvalue weighted by Gasteiger charge is 2.34. The lowest BCUT2D eigenvalue weighted by atomic mass is 9.88. The van der Waals surface area contributed by atoms with Crippen molar-refractivity contribution in [2.24, 2.45) is 0 Å². The Kier molecular flexibility index (Phi) is 5.31. The average molecular weight is 467 g/mol. The maximum absolute atomic E-state index is 12.5. The number of pyridine rings is 1. The van der Waals surface area contributed by atoms with E-state index in [0.29, 0.717) is 11.3 Å². The Hall–Kier alpha value is -2.35. The van der Waals surface area contributed by atoms with E-state index in [9.17, 15) is 9.90 Å². The Morgan fingerprint density at radius 2 is 2.00 bits per heavy atom. The number of fused-ring (bicyclic) bond motifs is 4. The number of nitrogens with zero attached hydrogens (tertiary/aromatic N) is 2. The zero-order valence-electron chi connectivity index (χ0n) is 18.7. The number of hydrogen-bond acceptors (Lipinski definition) is 6. The number of hydrogen-bond donors (Lipinski definition) is 1. The fourth-order valence-corrected chi connectivity index (χ4v) is 6.67. The quantitative estimate of drug-likeness (QED) is 0.362. The zero-order valence-corrected chi connectivity index (χ0v) is 20.3. The van der Waals surface area contributed by atoms with Gasteiger partial charge in [-0.1, -0.05) is 6.07 Å². The van der Waals surface area contributed by atoms with Crippen molar-refractivity contribution in [3.05, 3.63) is 45.4 Å². The Morgan fingerprint density at radius 1 is 1.22 bits per heavy atom. The fraction of sp³-hybridized carbons (Fsp3) is 0.400. The van der Waals surface area contributed by atoms with Crippen molar-refractivity contribution in [1.82, 2.24) is 9.97 Å². The number of aliphatic carboxylic acids is 1. The Morgan fingerprint density at radius 3 is 2.75 bits per heavy atom. The summed E-state index contributed by atoms with van der Waals surface area (Å²) < 4.78 is 7.21. The number of carboxylic acid groups (broad SMARTS) is 1. The molecule has 32 heavy (non-hydrogen) atoms. The number of aromatic nitrogens is 2. The van der Waals surface area contributed by atoms with E-state index in [0.717, 1.165) is 50.8 Å². The van der Waals surface area contributed by atoms with Gasteiger partial charge in [-0.3, -0.25) is 0 Å². The van der Waals surface area contributed by atoms with Crippen LogP contribution in [0, 0.1) is 6.92 Å². The second kappa shape index (κ2) is 7.90. The molecule has 3 heterocycles. The van der Waals surface area contributed by atoms with Gasteiger partial charge < -0.3 is 9.84 Å². The highest BCUT2D eigenvalue weighted by Crippen LogP contribution is 2.46. The van der Waals surface area contributed by atoms with Crippen LogP contribution in [-0.2, 0) is 22.4 Å². The molecule has 5 nitrogen and oxygen atoms in total. The highest BCUT2D eigenvalue weighted by atomic mass is 32.1. The molecule has 0 saturated heterocycles. The Bertz CT molecular complexity index is 1350. The van der Waals surface area contributed by atoms with Crippen LogP contribution in [0.1, 0.15) is 61.4 Å². The molecule has 1 aliphatic carbocycles. The van der Waals surface area contributed by atoms with Gasteiger partial charge in [0, 0.05) is 27.1 Å². The summed E-state index contributed by atoms with van der Waals surface area (Å²) in [5.41, 5.74) is 6.86. The van der Waals surface area contributed by atoms with Crippen molar-refractivity contribution in [3.8, 4) is 11.1 Å². The third-order valence-electron chi connectivity index (χ3n) is 5.91. The van der Waals surface area contributed by atoms with Gasteiger partial charge in [0.1, 0.15) is 4.83 Å². The fourth-order valence-electron chi connectivity index (χ4n) is 4.63. The van der Waals surface area contributed by atoms with Gasteiger partial charge in [0.05, 0.1) is 21.3 Å². The molecule has 166 valence electrons. The third-order valence-corrected chi connectivity index (χ3v) is 7.89. The SMILES string of the molecule is Cc1nc2sc3c(c2c(-c2ccc4ncsc4c2)c1C(OC(C)(C)C)C(=O)O)CCCC3. The minimum absolute atomic E-state index is 0.614. The molecule has 1 N–H and O–H groups in total. The Labute approximate surface area is 195 Å². The molecule has 0 amide bonds. The number of aryl methyl sites for hydroxylation is 3. The molecule has 0 spiro atoms. The van der Waals surface area contributed by atoms with E-state index in [-0.39, 0.29) is 0 Å². The molecule has 0 bridgehead atoms. The summed E-state index contributed by atoms with van der Waals surface area (Å²) in [6.45, 7) is 7.57. The smallest absolute Gasteiger partial charge is 0.337 e. The number of carbonyl (C=O) groups is 1. The van der Waals surface area contributed by atoms with Crippen LogP contribution in [0.5, 0.6) is 0 Å². The van der Waals surface area contributed by atoms with Crippen molar-refractivity contribution in [3.63, 3.8) is 0 Å². The largest absolute Gasteiger partial charge is 0.479 e. The number of thiophene rings is 1. The molecule has 5 rings (SSSR count). The van der Waals surface area contributed by atoms with Gasteiger partial charge in [0.2, 0.25) is 0 Å². The molecule has 0 aliphatic heterocycles. The summed E-state index contributed by atoms with van der Waals surface area (Å²) in [5.74, 6) is -0.992. The van der Waals surface area contributed by atoms with Crippen molar-refractivity contribution in [2.45, 2.75) is 65.1 Å². The minimum Gasteiger partial charge on any atom is -0.479 e. The van der Waals surface area contributed by atoms with E-state index in [1.807, 2.05) is 39.3 Å². The second-order valence-electron chi connectivity index (χ2n) is 9.36. The molecule has 1 aliphatic rings. The first kappa shape index (κ1) is 21.5. The van der Waals surface area contributed by atoms with Gasteiger partial charge in [-0.2, -0.15) is 0 Å². The van der Waals surface area contributed by atoms with E-state index in [1.165, 1.54) is 16.9 Å². The molecule has 3 aromatic heterocycles. The lowest BCUT2D eigenvalue weighted by Crippen LogP contribution is -2.28. The maximum Gasteiger partial charge on any atom is 0.337 e. The van der Waals surface area contributed by atoms with Crippen LogP contribution >= 0.6 is 22.7 Å². The first-order chi connectivity index (χ1) is 15.2. The molecule has 0 saturated carbocycles. The molecule has 1 aromatic carbocycles. The van der Waals surface area contributed by atoms with Crippen LogP contribution in [0.25, 0.3) is 31.6 Å². The van der Waals surface area contributed by atoms with Crippen molar-refractivity contribution in [2.75, 3.05) is 0 Å². The highest BCUT2D eigenvalue weighted by molar-refractivity contribution is 7.19. The summed E-state index contributed by atoms with van der Waals surface area (Å²) in [6.07, 6.45) is 3.32. The van der Waals surface area contributed by atoms with Gasteiger partial charge in [0.25, 0.3) is 0 Å². The van der Waals surface area contributed by atoms with Crippen LogP contribution in [0.3, 0.4) is 0 Å². The summed E-state index contributed by atoms with van der Waals surface area (Å²) >= 11 is 3.36. The number of thiazole rings is 1. The van der Waals surface area contributed by atoms with Gasteiger partial charge in [-0.15, -0.1) is 22.7 Å². The molecule has 4 aromatic rings. The first-order valence-electron chi connectivity index (χ1n) is 10.9. The van der Waals surface area contributed by atoms with E-state index in [1.54, 1.807) is 22.7 Å². The van der Waals surface area contributed by atoms with Crippen molar-refractivity contribution < 1.29 is 14.6 Å². The summed E-state index contributed by atoms with van der Waals surface area (Å²) in [7, 11) is 0. The van der Waals surface area contributed by atoms with Gasteiger partial charge in [-0.05, 0) is 76.6 Å². The Balaban J connectivity index is 1.87. The summed E-state index contributed by atoms with van der Waals surface area (Å²) in [5, 5.41) is 11.3. The summed E-state index contributed by atoms with van der Waals surface area (Å²) in [4.78, 5) is 24.2. The molecule has 7 heteroatoms. The zero-order chi connectivity index (χ0) is 22.6. The lowest BCUT2D eigenvalue weighted by Gasteiger charge is -2.28. The monoisotopic (exact) mass is 466 g/mol. The first-order valence-corrected chi connectivity index (χ1v) is 12.6. The second-order valence-corrected chi connectivity index (χ2v) is 11.3. The van der Waals surface area contributed by atoms with Crippen LogP contribution in [0.2, 0.25) is 0 Å². The average Bonchev–Trinajstić information content (AvgIpc) is 3.33. The number of carboxylic acids is 1. The topological polar surface area (TPSA) is 72.3 Å². The molecule has 0 radical (unpaired) electrons. The van der Waals surface area contributed by atoms with Gasteiger partial charge in [0.15, 0.2) is 6.10 Å². The van der Waals surface area contributed by atoms with E-state index >= 15 is 0 Å². The summed E-state index contributed by atoms with van der Waals surface area (Å²) in [6, 6.07) is 6.21. The lowest BCUT2D eigenvalue weighted by molar-refractivity contribution is -0.160.